The number of hydrogen-bond acceptors (Lipinski definition) is 2. The van der Waals surface area contributed by atoms with Crippen LogP contribution in [0.5, 0.6) is 0 Å². The molecule has 0 aliphatic heterocycles. The van der Waals surface area contributed by atoms with Crippen LogP contribution in [0.25, 0.3) is 0 Å². The fourth-order valence-corrected chi connectivity index (χ4v) is 1.89. The molecule has 0 bridgehead atoms. The molecule has 1 aromatic carbocycles. The number of halogens is 2. The molecule has 1 aromatic rings. The van der Waals surface area contributed by atoms with E-state index in [2.05, 4.69) is 5.32 Å². The minimum absolute atomic E-state index is 0.0810. The Labute approximate surface area is 98.5 Å². The van der Waals surface area contributed by atoms with Gasteiger partial charge in [0.05, 0.1) is 0 Å². The molecule has 94 valence electrons. The Balaban J connectivity index is 2.96. The van der Waals surface area contributed by atoms with Gasteiger partial charge in [-0.15, -0.1) is 0 Å². The molecule has 0 heterocycles. The largest absolute Gasteiger partial charge is 0.481 e. The summed E-state index contributed by atoms with van der Waals surface area (Å²) in [6.07, 6.45) is -0.0810. The first-order chi connectivity index (χ1) is 7.95. The number of aliphatic carboxylic acids is 1. The monoisotopic (exact) mass is 243 g/mol. The average Bonchev–Trinajstić information content (AvgIpc) is 2.21. The Hall–Kier alpha value is -1.49. The summed E-state index contributed by atoms with van der Waals surface area (Å²) in [7, 11) is 1.62. The van der Waals surface area contributed by atoms with E-state index in [0.717, 1.165) is 12.1 Å². The normalized spacial score (nSPS) is 14.4. The van der Waals surface area contributed by atoms with E-state index in [0.29, 0.717) is 0 Å². The van der Waals surface area contributed by atoms with Crippen LogP contribution in [0.1, 0.15) is 24.9 Å². The molecule has 5 heteroatoms. The number of hydrogen-bond donors (Lipinski definition) is 2. The van der Waals surface area contributed by atoms with Crippen LogP contribution in [0.15, 0.2) is 18.2 Å². The van der Waals surface area contributed by atoms with Crippen LogP contribution in [0.3, 0.4) is 0 Å². The molecule has 0 amide bonds. The number of benzene rings is 1. The standard InChI is InChI=1S/C12H15F2NO2/c1-7(5-11(16)17)12(15-2)9-4-3-8(13)6-10(9)14/h3-4,6-7,12,15H,5H2,1-2H3,(H,16,17). The van der Waals surface area contributed by atoms with Crippen molar-refractivity contribution in [2.75, 3.05) is 7.05 Å². The summed E-state index contributed by atoms with van der Waals surface area (Å²) in [4.78, 5) is 10.6. The van der Waals surface area contributed by atoms with Crippen LogP contribution in [-0.2, 0) is 4.79 Å². The minimum Gasteiger partial charge on any atom is -0.481 e. The van der Waals surface area contributed by atoms with Gasteiger partial charge in [0.25, 0.3) is 0 Å². The molecule has 0 spiro atoms. The zero-order valence-electron chi connectivity index (χ0n) is 9.71. The molecule has 0 fully saturated rings. The van der Waals surface area contributed by atoms with E-state index in [-0.39, 0.29) is 17.9 Å². The summed E-state index contributed by atoms with van der Waals surface area (Å²) >= 11 is 0. The van der Waals surface area contributed by atoms with E-state index in [1.165, 1.54) is 6.07 Å². The van der Waals surface area contributed by atoms with Crippen molar-refractivity contribution in [3.8, 4) is 0 Å². The molecule has 1 rings (SSSR count). The first kappa shape index (κ1) is 13.6. The lowest BCUT2D eigenvalue weighted by Crippen LogP contribution is -2.26. The molecular weight excluding hydrogens is 228 g/mol. The Morgan fingerprint density at radius 3 is 2.59 bits per heavy atom. The highest BCUT2D eigenvalue weighted by Gasteiger charge is 2.22. The summed E-state index contributed by atoms with van der Waals surface area (Å²) in [6, 6.07) is 2.85. The second-order valence-electron chi connectivity index (χ2n) is 4.01. The topological polar surface area (TPSA) is 49.3 Å². The molecule has 2 unspecified atom stereocenters. The van der Waals surface area contributed by atoms with E-state index in [1.807, 2.05) is 0 Å². The minimum atomic E-state index is -0.944. The van der Waals surface area contributed by atoms with Crippen LogP contribution >= 0.6 is 0 Å². The third kappa shape index (κ3) is 3.49. The van der Waals surface area contributed by atoms with Crippen molar-refractivity contribution in [3.63, 3.8) is 0 Å². The lowest BCUT2D eigenvalue weighted by molar-refractivity contribution is -0.138. The molecule has 3 nitrogen and oxygen atoms in total. The summed E-state index contributed by atoms with van der Waals surface area (Å²) in [5.74, 6) is -2.55. The maximum Gasteiger partial charge on any atom is 0.303 e. The van der Waals surface area contributed by atoms with Crippen molar-refractivity contribution in [3.05, 3.63) is 35.4 Å². The molecule has 2 atom stereocenters. The maximum absolute atomic E-state index is 13.6. The Morgan fingerprint density at radius 2 is 2.12 bits per heavy atom. The second kappa shape index (κ2) is 5.72. The third-order valence-electron chi connectivity index (χ3n) is 2.67. The van der Waals surface area contributed by atoms with Crippen LogP contribution in [0.4, 0.5) is 8.78 Å². The van der Waals surface area contributed by atoms with E-state index in [1.54, 1.807) is 14.0 Å². The van der Waals surface area contributed by atoms with Gasteiger partial charge in [0.15, 0.2) is 0 Å². The van der Waals surface area contributed by atoms with Crippen molar-refractivity contribution in [1.82, 2.24) is 5.32 Å². The number of carbonyl (C=O) groups is 1. The Morgan fingerprint density at radius 1 is 1.47 bits per heavy atom. The number of nitrogens with one attached hydrogen (secondary N) is 1. The molecule has 0 saturated heterocycles. The summed E-state index contributed by atoms with van der Waals surface area (Å²) in [6.45, 7) is 1.71. The van der Waals surface area contributed by atoms with Gasteiger partial charge < -0.3 is 10.4 Å². The van der Waals surface area contributed by atoms with Crippen LogP contribution in [0.2, 0.25) is 0 Å². The van der Waals surface area contributed by atoms with Crippen LogP contribution < -0.4 is 5.32 Å². The first-order valence-electron chi connectivity index (χ1n) is 5.29. The Kier molecular flexibility index (Phi) is 4.57. The van der Waals surface area contributed by atoms with Crippen molar-refractivity contribution >= 4 is 5.97 Å². The fourth-order valence-electron chi connectivity index (χ4n) is 1.89. The van der Waals surface area contributed by atoms with Crippen molar-refractivity contribution in [2.24, 2.45) is 5.92 Å². The van der Waals surface area contributed by atoms with Gasteiger partial charge in [-0.25, -0.2) is 8.78 Å². The van der Waals surface area contributed by atoms with E-state index >= 15 is 0 Å². The van der Waals surface area contributed by atoms with Crippen molar-refractivity contribution in [2.45, 2.75) is 19.4 Å². The Bertz CT molecular complexity index is 409. The van der Waals surface area contributed by atoms with E-state index in [9.17, 15) is 13.6 Å². The van der Waals surface area contributed by atoms with Crippen molar-refractivity contribution < 1.29 is 18.7 Å². The molecule has 0 aliphatic carbocycles. The highest BCUT2D eigenvalue weighted by Crippen LogP contribution is 2.26. The van der Waals surface area contributed by atoms with Crippen LogP contribution in [0, 0.1) is 17.6 Å². The maximum atomic E-state index is 13.6. The van der Waals surface area contributed by atoms with Gasteiger partial charge in [-0.05, 0) is 19.0 Å². The van der Waals surface area contributed by atoms with Gasteiger partial charge in [0.2, 0.25) is 0 Å². The predicted octanol–water partition coefficient (Wildman–Crippen LogP) is 2.34. The SMILES string of the molecule is CNC(c1ccc(F)cc1F)C(C)CC(=O)O. The number of carboxylic acids is 1. The lowest BCUT2D eigenvalue weighted by atomic mass is 9.91. The number of carboxylic acid groups (broad SMARTS) is 1. The molecule has 0 saturated carbocycles. The first-order valence-corrected chi connectivity index (χ1v) is 5.29. The quantitative estimate of drug-likeness (QED) is 0.834. The average molecular weight is 243 g/mol. The zero-order valence-corrected chi connectivity index (χ0v) is 9.71. The highest BCUT2D eigenvalue weighted by molar-refractivity contribution is 5.67. The smallest absolute Gasteiger partial charge is 0.303 e. The molecule has 17 heavy (non-hydrogen) atoms. The second-order valence-corrected chi connectivity index (χ2v) is 4.01. The molecular formula is C12H15F2NO2. The zero-order chi connectivity index (χ0) is 13.0. The molecule has 2 N–H and O–H groups in total. The highest BCUT2D eigenvalue weighted by atomic mass is 19.1. The van der Waals surface area contributed by atoms with Crippen LogP contribution in [-0.4, -0.2) is 18.1 Å². The molecule has 0 aliphatic rings. The molecule has 0 aromatic heterocycles. The van der Waals surface area contributed by atoms with Gasteiger partial charge in [0.1, 0.15) is 11.6 Å². The van der Waals surface area contributed by atoms with E-state index in [4.69, 9.17) is 5.11 Å². The third-order valence-corrected chi connectivity index (χ3v) is 2.67. The molecule has 0 radical (unpaired) electrons. The summed E-state index contributed by atoms with van der Waals surface area (Å²) in [5, 5.41) is 11.6. The van der Waals surface area contributed by atoms with Gasteiger partial charge in [-0.3, -0.25) is 4.79 Å². The van der Waals surface area contributed by atoms with Gasteiger partial charge >= 0.3 is 5.97 Å². The fraction of sp³-hybridized carbons (Fsp3) is 0.417. The lowest BCUT2D eigenvalue weighted by Gasteiger charge is -2.23. The van der Waals surface area contributed by atoms with Gasteiger partial charge in [0, 0.05) is 24.1 Å². The predicted molar refractivity (Wildman–Crippen MR) is 59.6 cm³/mol. The van der Waals surface area contributed by atoms with Gasteiger partial charge in [-0.1, -0.05) is 13.0 Å². The number of rotatable bonds is 5. The summed E-state index contributed by atoms with van der Waals surface area (Å²) in [5.41, 5.74) is 0.280. The van der Waals surface area contributed by atoms with Gasteiger partial charge in [-0.2, -0.15) is 0 Å². The van der Waals surface area contributed by atoms with E-state index < -0.39 is 23.6 Å². The summed E-state index contributed by atoms with van der Waals surface area (Å²) < 4.78 is 26.3. The van der Waals surface area contributed by atoms with Crippen molar-refractivity contribution in [1.29, 1.82) is 0 Å².